The van der Waals surface area contributed by atoms with Crippen LogP contribution in [0.1, 0.15) is 6.92 Å². The number of ether oxygens (including phenoxy) is 1. The number of hydrogen-bond acceptors (Lipinski definition) is 4. The zero-order valence-electron chi connectivity index (χ0n) is 7.92. The van der Waals surface area contributed by atoms with E-state index in [-0.39, 0.29) is 6.04 Å². The van der Waals surface area contributed by atoms with Gasteiger partial charge in [-0.05, 0) is 22.9 Å². The van der Waals surface area contributed by atoms with E-state index in [2.05, 4.69) is 31.2 Å². The number of nitrogens with zero attached hydrogens (tertiary/aromatic N) is 2. The summed E-state index contributed by atoms with van der Waals surface area (Å²) in [5.74, 6) is 0.676. The number of rotatable bonds is 4. The molecule has 0 bridgehead atoms. The van der Waals surface area contributed by atoms with Gasteiger partial charge < -0.3 is 10.1 Å². The maximum Gasteiger partial charge on any atom is 0.148 e. The van der Waals surface area contributed by atoms with Crippen molar-refractivity contribution in [1.82, 2.24) is 9.97 Å². The van der Waals surface area contributed by atoms with Crippen LogP contribution in [-0.4, -0.2) is 29.7 Å². The number of hydrogen-bond donors (Lipinski definition) is 1. The molecule has 0 saturated carbocycles. The second-order valence-electron chi connectivity index (χ2n) is 2.83. The van der Waals surface area contributed by atoms with Crippen molar-refractivity contribution in [3.8, 4) is 0 Å². The SMILES string of the molecule is COCC(C)Nc1ncnc(Cl)c1Br. The monoisotopic (exact) mass is 279 g/mol. The van der Waals surface area contributed by atoms with E-state index in [1.54, 1.807) is 7.11 Å². The maximum absolute atomic E-state index is 5.81. The molecule has 0 aliphatic carbocycles. The minimum atomic E-state index is 0.169. The first kappa shape index (κ1) is 11.7. The van der Waals surface area contributed by atoms with Crippen molar-refractivity contribution >= 4 is 33.3 Å². The Balaban J connectivity index is 2.71. The van der Waals surface area contributed by atoms with Gasteiger partial charge in [-0.1, -0.05) is 11.6 Å². The number of halogens is 2. The molecule has 0 saturated heterocycles. The van der Waals surface area contributed by atoms with Crippen molar-refractivity contribution in [1.29, 1.82) is 0 Å². The maximum atomic E-state index is 5.81. The molecule has 1 heterocycles. The third-order valence-electron chi connectivity index (χ3n) is 1.55. The molecule has 1 N–H and O–H groups in total. The van der Waals surface area contributed by atoms with Gasteiger partial charge in [-0.2, -0.15) is 0 Å². The van der Waals surface area contributed by atoms with Crippen molar-refractivity contribution in [2.24, 2.45) is 0 Å². The highest BCUT2D eigenvalue weighted by Crippen LogP contribution is 2.26. The van der Waals surface area contributed by atoms with Gasteiger partial charge in [-0.15, -0.1) is 0 Å². The van der Waals surface area contributed by atoms with Crippen LogP contribution < -0.4 is 5.32 Å². The zero-order chi connectivity index (χ0) is 10.6. The van der Waals surface area contributed by atoms with Crippen LogP contribution >= 0.6 is 27.5 Å². The first-order valence-electron chi connectivity index (χ1n) is 4.06. The molecule has 0 radical (unpaired) electrons. The summed E-state index contributed by atoms with van der Waals surface area (Å²) in [5, 5.41) is 3.54. The van der Waals surface area contributed by atoms with Gasteiger partial charge in [0.15, 0.2) is 0 Å². The highest BCUT2D eigenvalue weighted by Gasteiger charge is 2.09. The van der Waals surface area contributed by atoms with E-state index >= 15 is 0 Å². The molecule has 1 unspecified atom stereocenters. The fraction of sp³-hybridized carbons (Fsp3) is 0.500. The fourth-order valence-electron chi connectivity index (χ4n) is 0.974. The van der Waals surface area contributed by atoms with Gasteiger partial charge in [0.05, 0.1) is 11.1 Å². The molecule has 78 valence electrons. The van der Waals surface area contributed by atoms with E-state index in [1.165, 1.54) is 6.33 Å². The summed E-state index contributed by atoms with van der Waals surface area (Å²) in [6, 6.07) is 0.169. The third kappa shape index (κ3) is 3.08. The molecule has 0 aromatic carbocycles. The topological polar surface area (TPSA) is 47.0 Å². The van der Waals surface area contributed by atoms with Crippen LogP contribution in [0.5, 0.6) is 0 Å². The third-order valence-corrected chi connectivity index (χ3v) is 2.81. The van der Waals surface area contributed by atoms with Crippen LogP contribution in [0.3, 0.4) is 0 Å². The van der Waals surface area contributed by atoms with Crippen molar-refractivity contribution in [2.75, 3.05) is 19.0 Å². The quantitative estimate of drug-likeness (QED) is 0.860. The highest BCUT2D eigenvalue weighted by atomic mass is 79.9. The predicted molar refractivity (Wildman–Crippen MR) is 59.7 cm³/mol. The number of nitrogens with one attached hydrogen (secondary N) is 1. The summed E-state index contributed by atoms with van der Waals surface area (Å²) in [7, 11) is 1.65. The van der Waals surface area contributed by atoms with Gasteiger partial charge in [0.1, 0.15) is 17.3 Å². The molecule has 0 aliphatic heterocycles. The van der Waals surface area contributed by atoms with E-state index in [4.69, 9.17) is 16.3 Å². The molecule has 0 spiro atoms. The summed E-state index contributed by atoms with van der Waals surface area (Å²) in [5.41, 5.74) is 0. The smallest absolute Gasteiger partial charge is 0.148 e. The Morgan fingerprint density at radius 1 is 1.64 bits per heavy atom. The Morgan fingerprint density at radius 3 is 3.00 bits per heavy atom. The molecule has 4 nitrogen and oxygen atoms in total. The standard InChI is InChI=1S/C8H11BrClN3O/c1-5(3-14-2)13-8-6(9)7(10)11-4-12-8/h4-5H,3H2,1-2H3,(H,11,12,13). The lowest BCUT2D eigenvalue weighted by atomic mass is 10.3. The molecule has 6 heteroatoms. The van der Waals surface area contributed by atoms with E-state index < -0.39 is 0 Å². The number of anilines is 1. The predicted octanol–water partition coefficient (Wildman–Crippen LogP) is 2.34. The molecule has 0 fully saturated rings. The fourth-order valence-corrected chi connectivity index (χ4v) is 1.43. The van der Waals surface area contributed by atoms with Crippen LogP contribution in [-0.2, 0) is 4.74 Å². The minimum Gasteiger partial charge on any atom is -0.383 e. The Kier molecular flexibility index (Phi) is 4.57. The second-order valence-corrected chi connectivity index (χ2v) is 3.98. The number of aromatic nitrogens is 2. The first-order valence-corrected chi connectivity index (χ1v) is 5.23. The van der Waals surface area contributed by atoms with Crippen LogP contribution in [0.2, 0.25) is 5.15 Å². The lowest BCUT2D eigenvalue weighted by molar-refractivity contribution is 0.190. The largest absolute Gasteiger partial charge is 0.383 e. The molecular formula is C8H11BrClN3O. The van der Waals surface area contributed by atoms with E-state index in [9.17, 15) is 0 Å². The zero-order valence-corrected chi connectivity index (χ0v) is 10.3. The Hall–Kier alpha value is -0.390. The van der Waals surface area contributed by atoms with E-state index in [0.717, 1.165) is 0 Å². The Morgan fingerprint density at radius 2 is 2.36 bits per heavy atom. The van der Waals surface area contributed by atoms with Crippen LogP contribution in [0.15, 0.2) is 10.8 Å². The van der Waals surface area contributed by atoms with Crippen LogP contribution in [0, 0.1) is 0 Å². The van der Waals surface area contributed by atoms with E-state index in [0.29, 0.717) is 22.1 Å². The molecular weight excluding hydrogens is 269 g/mol. The first-order chi connectivity index (χ1) is 6.65. The normalized spacial score (nSPS) is 12.6. The minimum absolute atomic E-state index is 0.169. The van der Waals surface area contributed by atoms with Gasteiger partial charge in [0.25, 0.3) is 0 Å². The van der Waals surface area contributed by atoms with Gasteiger partial charge >= 0.3 is 0 Å². The van der Waals surface area contributed by atoms with E-state index in [1.807, 2.05) is 6.92 Å². The van der Waals surface area contributed by atoms with Gasteiger partial charge in [-0.25, -0.2) is 9.97 Å². The van der Waals surface area contributed by atoms with Gasteiger partial charge in [0, 0.05) is 13.2 Å². The van der Waals surface area contributed by atoms with Gasteiger partial charge in [-0.3, -0.25) is 0 Å². The molecule has 14 heavy (non-hydrogen) atoms. The van der Waals surface area contributed by atoms with Crippen molar-refractivity contribution in [2.45, 2.75) is 13.0 Å². The molecule has 1 rings (SSSR count). The molecule has 1 atom stereocenters. The molecule has 0 aliphatic rings. The van der Waals surface area contributed by atoms with Crippen LogP contribution in [0.4, 0.5) is 5.82 Å². The molecule has 1 aromatic rings. The average molecular weight is 281 g/mol. The summed E-state index contributed by atoms with van der Waals surface area (Å²) in [6.07, 6.45) is 1.41. The Bertz CT molecular complexity index is 311. The summed E-state index contributed by atoms with van der Waals surface area (Å²) >= 11 is 9.10. The van der Waals surface area contributed by atoms with Crippen molar-refractivity contribution in [3.05, 3.63) is 16.0 Å². The summed E-state index contributed by atoms with van der Waals surface area (Å²) in [4.78, 5) is 7.88. The van der Waals surface area contributed by atoms with Crippen molar-refractivity contribution in [3.63, 3.8) is 0 Å². The van der Waals surface area contributed by atoms with Gasteiger partial charge in [0.2, 0.25) is 0 Å². The highest BCUT2D eigenvalue weighted by molar-refractivity contribution is 9.10. The lowest BCUT2D eigenvalue weighted by Crippen LogP contribution is -2.21. The second kappa shape index (κ2) is 5.48. The Labute approximate surface area is 96.2 Å². The number of methoxy groups -OCH3 is 1. The molecule has 0 amide bonds. The summed E-state index contributed by atoms with van der Waals surface area (Å²) < 4.78 is 5.66. The van der Waals surface area contributed by atoms with Crippen LogP contribution in [0.25, 0.3) is 0 Å². The average Bonchev–Trinajstić information content (AvgIpc) is 2.13. The lowest BCUT2D eigenvalue weighted by Gasteiger charge is -2.14. The molecule has 1 aromatic heterocycles. The van der Waals surface area contributed by atoms with Crippen molar-refractivity contribution < 1.29 is 4.74 Å². The summed E-state index contributed by atoms with van der Waals surface area (Å²) in [6.45, 7) is 2.60.